The third-order valence-electron chi connectivity index (χ3n) is 1.76. The smallest absolute Gasteiger partial charge is 0.133 e. The average Bonchev–Trinajstić information content (AvgIpc) is 2.01. The molecule has 0 aliphatic rings. The van der Waals surface area contributed by atoms with E-state index in [-0.39, 0.29) is 12.2 Å². The highest BCUT2D eigenvalue weighted by atomic mass is 19.1. The summed E-state index contributed by atoms with van der Waals surface area (Å²) in [6.45, 7) is -0.0283. The van der Waals surface area contributed by atoms with Crippen LogP contribution in [-0.4, -0.2) is 13.7 Å². The molecule has 1 rings (SSSR count). The highest BCUT2D eigenvalue weighted by molar-refractivity contribution is 5.24. The van der Waals surface area contributed by atoms with Gasteiger partial charge in [-0.2, -0.15) is 0 Å². The summed E-state index contributed by atoms with van der Waals surface area (Å²) in [6.07, 6.45) is 0. The number of methoxy groups -OCH3 is 1. The molecule has 0 aliphatic carbocycles. The normalized spacial score (nSPS) is 12.9. The zero-order chi connectivity index (χ0) is 10.7. The third kappa shape index (κ3) is 2.24. The molecule has 0 aromatic heterocycles. The molecule has 0 heterocycles. The summed E-state index contributed by atoms with van der Waals surface area (Å²) in [7, 11) is 1.36. The zero-order valence-corrected chi connectivity index (χ0v) is 7.56. The standard InChI is InChI=1S/C9H10F3NO/c1-14-4-8(13)9-6(11)2-5(10)3-7(9)12/h2-3,8H,4,13H2,1H3. The second-order valence-electron chi connectivity index (χ2n) is 2.84. The average molecular weight is 205 g/mol. The first-order valence-corrected chi connectivity index (χ1v) is 3.95. The van der Waals surface area contributed by atoms with E-state index >= 15 is 0 Å². The van der Waals surface area contributed by atoms with Crippen LogP contribution >= 0.6 is 0 Å². The number of halogens is 3. The topological polar surface area (TPSA) is 35.2 Å². The molecule has 0 radical (unpaired) electrons. The van der Waals surface area contributed by atoms with Crippen molar-refractivity contribution in [3.05, 3.63) is 35.1 Å². The lowest BCUT2D eigenvalue weighted by Crippen LogP contribution is -2.19. The van der Waals surface area contributed by atoms with Crippen LogP contribution in [0.25, 0.3) is 0 Å². The predicted octanol–water partition coefficient (Wildman–Crippen LogP) is 1.75. The van der Waals surface area contributed by atoms with E-state index in [2.05, 4.69) is 4.74 Å². The largest absolute Gasteiger partial charge is 0.383 e. The lowest BCUT2D eigenvalue weighted by Gasteiger charge is -2.12. The minimum atomic E-state index is -0.993. The van der Waals surface area contributed by atoms with E-state index in [1.165, 1.54) is 7.11 Å². The van der Waals surface area contributed by atoms with Crippen LogP contribution in [0.3, 0.4) is 0 Å². The van der Waals surface area contributed by atoms with Crippen LogP contribution in [0.2, 0.25) is 0 Å². The van der Waals surface area contributed by atoms with Gasteiger partial charge in [0.05, 0.1) is 12.6 Å². The van der Waals surface area contributed by atoms with Crippen LogP contribution in [0.4, 0.5) is 13.2 Å². The van der Waals surface area contributed by atoms with Crippen molar-refractivity contribution in [2.75, 3.05) is 13.7 Å². The summed E-state index contributed by atoms with van der Waals surface area (Å²) in [5.74, 6) is -2.95. The molecular formula is C9H10F3NO. The van der Waals surface area contributed by atoms with E-state index in [1.54, 1.807) is 0 Å². The van der Waals surface area contributed by atoms with E-state index in [1.807, 2.05) is 0 Å². The summed E-state index contributed by atoms with van der Waals surface area (Å²) in [5, 5.41) is 0. The first-order chi connectivity index (χ1) is 6.56. The van der Waals surface area contributed by atoms with Crippen molar-refractivity contribution in [2.24, 2.45) is 5.73 Å². The first kappa shape index (κ1) is 11.0. The maximum Gasteiger partial charge on any atom is 0.133 e. The Bertz CT molecular complexity index is 307. The van der Waals surface area contributed by atoms with Crippen LogP contribution in [0, 0.1) is 17.5 Å². The molecule has 1 aromatic carbocycles. The van der Waals surface area contributed by atoms with Crippen molar-refractivity contribution in [3.63, 3.8) is 0 Å². The fourth-order valence-corrected chi connectivity index (χ4v) is 1.17. The lowest BCUT2D eigenvalue weighted by molar-refractivity contribution is 0.178. The Morgan fingerprint density at radius 2 is 1.79 bits per heavy atom. The Morgan fingerprint density at radius 1 is 1.29 bits per heavy atom. The van der Waals surface area contributed by atoms with Gasteiger partial charge in [0.2, 0.25) is 0 Å². The number of hydrogen-bond donors (Lipinski definition) is 1. The van der Waals surface area contributed by atoms with E-state index in [4.69, 9.17) is 5.73 Å². The second-order valence-corrected chi connectivity index (χ2v) is 2.84. The quantitative estimate of drug-likeness (QED) is 0.815. The molecule has 0 bridgehead atoms. The Labute approximate surface area is 79.5 Å². The van der Waals surface area contributed by atoms with Crippen molar-refractivity contribution in [1.82, 2.24) is 0 Å². The van der Waals surface area contributed by atoms with Gasteiger partial charge in [0.15, 0.2) is 0 Å². The summed E-state index contributed by atoms with van der Waals surface area (Å²) >= 11 is 0. The Morgan fingerprint density at radius 3 is 2.21 bits per heavy atom. The fourth-order valence-electron chi connectivity index (χ4n) is 1.17. The van der Waals surface area contributed by atoms with Crippen LogP contribution < -0.4 is 5.73 Å². The second kappa shape index (κ2) is 4.43. The minimum Gasteiger partial charge on any atom is -0.383 e. The van der Waals surface area contributed by atoms with Crippen molar-refractivity contribution in [3.8, 4) is 0 Å². The van der Waals surface area contributed by atoms with Gasteiger partial charge in [-0.15, -0.1) is 0 Å². The van der Waals surface area contributed by atoms with Crippen molar-refractivity contribution < 1.29 is 17.9 Å². The van der Waals surface area contributed by atoms with Crippen molar-refractivity contribution >= 4 is 0 Å². The van der Waals surface area contributed by atoms with Crippen LogP contribution in [0.1, 0.15) is 11.6 Å². The molecule has 2 nitrogen and oxygen atoms in total. The Kier molecular flexibility index (Phi) is 3.49. The van der Waals surface area contributed by atoms with Gasteiger partial charge in [-0.05, 0) is 0 Å². The zero-order valence-electron chi connectivity index (χ0n) is 7.56. The van der Waals surface area contributed by atoms with E-state index in [0.717, 1.165) is 0 Å². The molecule has 5 heteroatoms. The lowest BCUT2D eigenvalue weighted by atomic mass is 10.1. The summed E-state index contributed by atoms with van der Waals surface area (Å²) in [6, 6.07) is 0.252. The molecule has 2 N–H and O–H groups in total. The highest BCUT2D eigenvalue weighted by Gasteiger charge is 2.17. The van der Waals surface area contributed by atoms with Gasteiger partial charge in [0, 0.05) is 24.8 Å². The fraction of sp³-hybridized carbons (Fsp3) is 0.333. The maximum atomic E-state index is 13.1. The number of hydrogen-bond acceptors (Lipinski definition) is 2. The predicted molar refractivity (Wildman–Crippen MR) is 45.1 cm³/mol. The summed E-state index contributed by atoms with van der Waals surface area (Å²) < 4.78 is 43.3. The van der Waals surface area contributed by atoms with Crippen molar-refractivity contribution in [2.45, 2.75) is 6.04 Å². The SMILES string of the molecule is COCC(N)c1c(F)cc(F)cc1F. The number of ether oxygens (including phenoxy) is 1. The molecule has 78 valence electrons. The van der Waals surface area contributed by atoms with E-state index in [9.17, 15) is 13.2 Å². The van der Waals surface area contributed by atoms with Crippen molar-refractivity contribution in [1.29, 1.82) is 0 Å². The highest BCUT2D eigenvalue weighted by Crippen LogP contribution is 2.20. The van der Waals surface area contributed by atoms with Gasteiger partial charge < -0.3 is 10.5 Å². The molecule has 0 spiro atoms. The van der Waals surface area contributed by atoms with E-state index < -0.39 is 23.5 Å². The van der Waals surface area contributed by atoms with Crippen LogP contribution in [0.15, 0.2) is 12.1 Å². The first-order valence-electron chi connectivity index (χ1n) is 3.95. The molecule has 0 amide bonds. The number of nitrogens with two attached hydrogens (primary N) is 1. The van der Waals surface area contributed by atoms with Gasteiger partial charge in [0.25, 0.3) is 0 Å². The minimum absolute atomic E-state index is 0.0283. The van der Waals surface area contributed by atoms with Crippen LogP contribution in [-0.2, 0) is 4.74 Å². The molecule has 0 saturated heterocycles. The van der Waals surface area contributed by atoms with Gasteiger partial charge >= 0.3 is 0 Å². The summed E-state index contributed by atoms with van der Waals surface area (Å²) in [4.78, 5) is 0. The van der Waals surface area contributed by atoms with Crippen LogP contribution in [0.5, 0.6) is 0 Å². The van der Waals surface area contributed by atoms with Gasteiger partial charge in [-0.25, -0.2) is 13.2 Å². The van der Waals surface area contributed by atoms with Gasteiger partial charge in [0.1, 0.15) is 17.5 Å². The molecule has 1 unspecified atom stereocenters. The molecule has 0 aliphatic heterocycles. The summed E-state index contributed by atoms with van der Waals surface area (Å²) in [5.41, 5.74) is 5.08. The van der Waals surface area contributed by atoms with Gasteiger partial charge in [-0.3, -0.25) is 0 Å². The van der Waals surface area contributed by atoms with E-state index in [0.29, 0.717) is 12.1 Å². The molecule has 1 atom stereocenters. The Hall–Kier alpha value is -1.07. The molecule has 0 fully saturated rings. The number of benzene rings is 1. The molecule has 1 aromatic rings. The molecular weight excluding hydrogens is 195 g/mol. The molecule has 14 heavy (non-hydrogen) atoms. The monoisotopic (exact) mass is 205 g/mol. The van der Waals surface area contributed by atoms with Gasteiger partial charge in [-0.1, -0.05) is 0 Å². The Balaban J connectivity index is 3.07. The number of rotatable bonds is 3. The maximum absolute atomic E-state index is 13.1. The molecule has 0 saturated carbocycles. The third-order valence-corrected chi connectivity index (χ3v) is 1.76.